The number of allylic oxidation sites excluding steroid dienone is 4. The zero-order valence-corrected chi connectivity index (χ0v) is 9.08. The van der Waals surface area contributed by atoms with Crippen LogP contribution in [0.5, 0.6) is 0 Å². The molecule has 0 fully saturated rings. The molecule has 0 aromatic rings. The summed E-state index contributed by atoms with van der Waals surface area (Å²) in [4.78, 5) is 0. The van der Waals surface area contributed by atoms with Gasteiger partial charge in [0.2, 0.25) is 0 Å². The molecule has 0 aromatic carbocycles. The summed E-state index contributed by atoms with van der Waals surface area (Å²) in [5.74, 6) is 0. The van der Waals surface area contributed by atoms with E-state index in [9.17, 15) is 8.42 Å². The maximum atomic E-state index is 10.0. The van der Waals surface area contributed by atoms with Crippen LogP contribution in [0.25, 0.3) is 0 Å². The average molecular weight is 184 g/mol. The van der Waals surface area contributed by atoms with Crippen LogP contribution in [-0.2, 0) is 10.1 Å². The normalized spacial score (nSPS) is 11.7. The molecule has 0 bridgehead atoms. The van der Waals surface area contributed by atoms with Gasteiger partial charge in [0.1, 0.15) is 0 Å². The largest absolute Gasteiger partial charge is 1.00 e. The summed E-state index contributed by atoms with van der Waals surface area (Å²) in [6.07, 6.45) is 5.69. The van der Waals surface area contributed by atoms with Crippen molar-refractivity contribution in [1.29, 1.82) is 0 Å². The standard InChI is InChI=1S/C6H8O3S.Na.H/c1-2-3-4-5-6-10(7,8)9;;/h2-6H,1H2,(H,7,8,9);;/q;+1;-1. The minimum absolute atomic E-state index is 0. The second kappa shape index (κ2) is 6.82. The molecule has 1 N–H and O–H groups in total. The molecular weight excluding hydrogens is 175 g/mol. The van der Waals surface area contributed by atoms with E-state index in [1.165, 1.54) is 18.2 Å². The topological polar surface area (TPSA) is 54.4 Å². The molecule has 0 aliphatic carbocycles. The van der Waals surface area contributed by atoms with Crippen LogP contribution in [0.2, 0.25) is 0 Å². The summed E-state index contributed by atoms with van der Waals surface area (Å²) in [6.45, 7) is 3.36. The third-order valence-electron chi connectivity index (χ3n) is 0.609. The molecule has 0 amide bonds. The molecule has 0 aliphatic rings. The molecule has 3 nitrogen and oxygen atoms in total. The van der Waals surface area contributed by atoms with Crippen LogP contribution < -0.4 is 29.6 Å². The summed E-state index contributed by atoms with van der Waals surface area (Å²) in [5, 5.41) is 0.688. The minimum Gasteiger partial charge on any atom is -1.00 e. The Morgan fingerprint density at radius 1 is 1.27 bits per heavy atom. The fraction of sp³-hybridized carbons (Fsp3) is 0. The van der Waals surface area contributed by atoms with Gasteiger partial charge in [-0.25, -0.2) is 0 Å². The zero-order valence-electron chi connectivity index (χ0n) is 7.27. The van der Waals surface area contributed by atoms with Gasteiger partial charge in [0.15, 0.2) is 0 Å². The van der Waals surface area contributed by atoms with E-state index in [0.29, 0.717) is 5.41 Å². The maximum Gasteiger partial charge on any atom is 1.00 e. The second-order valence-electron chi connectivity index (χ2n) is 1.46. The predicted molar refractivity (Wildman–Crippen MR) is 41.1 cm³/mol. The number of hydrogen-bond acceptors (Lipinski definition) is 2. The first kappa shape index (κ1) is 13.7. The van der Waals surface area contributed by atoms with E-state index >= 15 is 0 Å². The van der Waals surface area contributed by atoms with Gasteiger partial charge in [-0.15, -0.1) is 0 Å². The quantitative estimate of drug-likeness (QED) is 0.321. The van der Waals surface area contributed by atoms with Crippen LogP contribution in [0.1, 0.15) is 1.43 Å². The average Bonchev–Trinajstić information content (AvgIpc) is 1.78. The van der Waals surface area contributed by atoms with Gasteiger partial charge in [0.25, 0.3) is 10.1 Å². The summed E-state index contributed by atoms with van der Waals surface area (Å²) >= 11 is 0. The van der Waals surface area contributed by atoms with Gasteiger partial charge >= 0.3 is 29.6 Å². The van der Waals surface area contributed by atoms with Crippen LogP contribution in [0.15, 0.2) is 36.3 Å². The van der Waals surface area contributed by atoms with Gasteiger partial charge in [-0.2, -0.15) is 8.42 Å². The molecule has 11 heavy (non-hydrogen) atoms. The molecule has 0 spiro atoms. The molecule has 0 saturated carbocycles. The number of rotatable bonds is 3. The Bertz CT molecular complexity index is 256. The van der Waals surface area contributed by atoms with Crippen molar-refractivity contribution in [3.05, 3.63) is 36.3 Å². The van der Waals surface area contributed by atoms with Crippen LogP contribution in [0.3, 0.4) is 0 Å². The van der Waals surface area contributed by atoms with E-state index in [2.05, 4.69) is 6.58 Å². The van der Waals surface area contributed by atoms with Crippen molar-refractivity contribution < 1.29 is 44.0 Å². The third-order valence-corrected chi connectivity index (χ3v) is 1.11. The van der Waals surface area contributed by atoms with Crippen LogP contribution in [0, 0.1) is 0 Å². The summed E-state index contributed by atoms with van der Waals surface area (Å²) in [6, 6.07) is 0. The molecule has 0 atom stereocenters. The van der Waals surface area contributed by atoms with Crippen molar-refractivity contribution in [3.63, 3.8) is 0 Å². The first-order valence-corrected chi connectivity index (χ1v) is 4.00. The summed E-state index contributed by atoms with van der Waals surface area (Å²) in [7, 11) is -3.97. The van der Waals surface area contributed by atoms with Crippen LogP contribution in [-0.4, -0.2) is 13.0 Å². The van der Waals surface area contributed by atoms with Gasteiger partial charge in [0, 0.05) is 0 Å². The van der Waals surface area contributed by atoms with E-state index in [1.807, 2.05) is 0 Å². The summed E-state index contributed by atoms with van der Waals surface area (Å²) in [5.41, 5.74) is 0. The fourth-order valence-electron chi connectivity index (χ4n) is 0.287. The first-order chi connectivity index (χ1) is 4.56. The molecule has 0 radical (unpaired) electrons. The molecule has 0 unspecified atom stereocenters. The molecule has 0 rings (SSSR count). The van der Waals surface area contributed by atoms with Crippen molar-refractivity contribution in [3.8, 4) is 0 Å². The Hall–Kier alpha value is 0.130. The van der Waals surface area contributed by atoms with E-state index in [-0.39, 0.29) is 31.0 Å². The maximum absolute atomic E-state index is 10.0. The first-order valence-electron chi connectivity index (χ1n) is 2.49. The predicted octanol–water partition coefficient (Wildman–Crippen LogP) is -1.75. The van der Waals surface area contributed by atoms with Crippen molar-refractivity contribution in [2.24, 2.45) is 0 Å². The molecule has 58 valence electrons. The fourth-order valence-corrected chi connectivity index (χ4v) is 0.577. The van der Waals surface area contributed by atoms with E-state index in [4.69, 9.17) is 4.55 Å². The Kier molecular flexibility index (Phi) is 8.49. The minimum atomic E-state index is -3.97. The molecule has 0 saturated heterocycles. The smallest absolute Gasteiger partial charge is 1.00 e. The molecule has 5 heteroatoms. The van der Waals surface area contributed by atoms with Crippen molar-refractivity contribution in [2.45, 2.75) is 0 Å². The number of hydrogen-bond donors (Lipinski definition) is 1. The van der Waals surface area contributed by atoms with E-state index in [0.717, 1.165) is 0 Å². The van der Waals surface area contributed by atoms with E-state index in [1.54, 1.807) is 6.08 Å². The molecule has 0 heterocycles. The SMILES string of the molecule is C=CC=CC=CS(=O)(=O)O.[H-].[Na+]. The van der Waals surface area contributed by atoms with Crippen molar-refractivity contribution in [2.75, 3.05) is 0 Å². The molecular formula is C6H9NaO3S. The van der Waals surface area contributed by atoms with Gasteiger partial charge in [-0.1, -0.05) is 24.8 Å². The molecule has 0 aliphatic heterocycles. The Balaban J connectivity index is -0.000000405. The van der Waals surface area contributed by atoms with Gasteiger partial charge in [-0.05, 0) is 6.08 Å². The molecule has 0 aromatic heterocycles. The Labute approximate surface area is 90.0 Å². The van der Waals surface area contributed by atoms with Gasteiger partial charge < -0.3 is 1.43 Å². The monoisotopic (exact) mass is 184 g/mol. The van der Waals surface area contributed by atoms with Gasteiger partial charge in [-0.3, -0.25) is 4.55 Å². The second-order valence-corrected chi connectivity index (χ2v) is 2.77. The van der Waals surface area contributed by atoms with Crippen molar-refractivity contribution >= 4 is 10.1 Å². The van der Waals surface area contributed by atoms with Gasteiger partial charge in [0.05, 0.1) is 5.41 Å². The van der Waals surface area contributed by atoms with Crippen LogP contribution in [0.4, 0.5) is 0 Å². The van der Waals surface area contributed by atoms with E-state index < -0.39 is 10.1 Å². The summed E-state index contributed by atoms with van der Waals surface area (Å²) < 4.78 is 28.1. The van der Waals surface area contributed by atoms with Crippen LogP contribution >= 0.6 is 0 Å². The third kappa shape index (κ3) is 13.2. The van der Waals surface area contributed by atoms with Crippen molar-refractivity contribution in [1.82, 2.24) is 0 Å². The Morgan fingerprint density at radius 3 is 2.18 bits per heavy atom. The Morgan fingerprint density at radius 2 is 1.82 bits per heavy atom. The zero-order chi connectivity index (χ0) is 8.04.